The predicted molar refractivity (Wildman–Crippen MR) is 71.3 cm³/mol. The highest BCUT2D eigenvalue weighted by atomic mass is 16.5. The Kier molecular flexibility index (Phi) is 3.93. The fourth-order valence-electron chi connectivity index (χ4n) is 2.01. The minimum atomic E-state index is -1.36. The summed E-state index contributed by atoms with van der Waals surface area (Å²) in [5, 5.41) is 15.1. The summed E-state index contributed by atoms with van der Waals surface area (Å²) in [6.45, 7) is 0. The van der Waals surface area contributed by atoms with E-state index in [2.05, 4.69) is 14.9 Å². The van der Waals surface area contributed by atoms with E-state index in [-0.39, 0.29) is 16.8 Å². The molecule has 2 aliphatic rings. The van der Waals surface area contributed by atoms with Gasteiger partial charge in [0.2, 0.25) is 5.91 Å². The summed E-state index contributed by atoms with van der Waals surface area (Å²) in [5.41, 5.74) is 4.38. The summed E-state index contributed by atoms with van der Waals surface area (Å²) in [6.07, 6.45) is 1.84. The second-order valence-electron chi connectivity index (χ2n) is 4.45. The molecule has 1 atom stereocenters. The molecule has 2 heterocycles. The van der Waals surface area contributed by atoms with Gasteiger partial charge in [-0.15, -0.1) is 0 Å². The summed E-state index contributed by atoms with van der Waals surface area (Å²) in [7, 11) is 1.13. The molecule has 0 bridgehead atoms. The number of rotatable bonds is 5. The van der Waals surface area contributed by atoms with Crippen molar-refractivity contribution in [1.29, 1.82) is 0 Å². The number of nitrogens with zero attached hydrogens (tertiary/aromatic N) is 2. The maximum atomic E-state index is 11.8. The van der Waals surface area contributed by atoms with Crippen LogP contribution in [0.2, 0.25) is 0 Å². The Hall–Kier alpha value is -3.17. The Morgan fingerprint density at radius 3 is 2.68 bits per heavy atom. The molecule has 2 rings (SSSR count). The van der Waals surface area contributed by atoms with Crippen LogP contribution in [0.15, 0.2) is 17.2 Å². The van der Waals surface area contributed by atoms with Gasteiger partial charge in [-0.2, -0.15) is 5.10 Å². The Morgan fingerprint density at radius 2 is 2.14 bits per heavy atom. The molecule has 1 amide bonds. The van der Waals surface area contributed by atoms with Crippen molar-refractivity contribution in [1.82, 2.24) is 14.8 Å². The van der Waals surface area contributed by atoms with Gasteiger partial charge >= 0.3 is 11.9 Å². The topological polar surface area (TPSA) is 157 Å². The van der Waals surface area contributed by atoms with Crippen LogP contribution in [0.25, 0.3) is 11.3 Å². The molecule has 0 aromatic carbocycles. The number of fused-ring (bicyclic) bond motifs is 1. The number of esters is 1. The highest BCUT2D eigenvalue weighted by Crippen LogP contribution is 2.24. The van der Waals surface area contributed by atoms with Crippen molar-refractivity contribution < 1.29 is 24.2 Å². The zero-order valence-corrected chi connectivity index (χ0v) is 11.4. The molecule has 0 saturated heterocycles. The number of carbonyl (C=O) groups is 3. The number of nitrogens with two attached hydrogens (primary N) is 1. The standard InChI is InChI=1S/C12H12N4O6/c1-22-12(21)6-4-16(7(11(19)20)2-8(13)17)3-5-9(6)14-15-10(5)18/h3-4,7H,2H2,1H3,(H2,13,17)(H,15,18)(H,19,20)/t7-/m1/s1. The molecule has 10 heteroatoms. The highest BCUT2D eigenvalue weighted by molar-refractivity contribution is 5.96. The number of carboxylic acids is 1. The smallest absolute Gasteiger partial charge is 0.341 e. The monoisotopic (exact) mass is 308 g/mol. The van der Waals surface area contributed by atoms with Gasteiger partial charge in [0.1, 0.15) is 17.3 Å². The minimum absolute atomic E-state index is 0.00128. The number of aromatic nitrogens is 3. The second kappa shape index (κ2) is 5.68. The average Bonchev–Trinajstić information content (AvgIpc) is 2.84. The molecule has 22 heavy (non-hydrogen) atoms. The number of primary amides is 1. The van der Waals surface area contributed by atoms with Gasteiger partial charge in [-0.1, -0.05) is 0 Å². The third kappa shape index (κ3) is 2.66. The van der Waals surface area contributed by atoms with Crippen molar-refractivity contribution in [3.05, 3.63) is 28.3 Å². The van der Waals surface area contributed by atoms with Crippen molar-refractivity contribution in [2.45, 2.75) is 12.5 Å². The Labute approximate surface area is 122 Å². The number of methoxy groups -OCH3 is 1. The van der Waals surface area contributed by atoms with Crippen LogP contribution in [-0.4, -0.2) is 44.8 Å². The van der Waals surface area contributed by atoms with Crippen molar-refractivity contribution in [3.8, 4) is 11.3 Å². The first kappa shape index (κ1) is 15.2. The van der Waals surface area contributed by atoms with Gasteiger partial charge in [0.05, 0.1) is 19.1 Å². The van der Waals surface area contributed by atoms with E-state index in [0.29, 0.717) is 0 Å². The maximum Gasteiger partial charge on any atom is 0.341 e. The van der Waals surface area contributed by atoms with Crippen molar-refractivity contribution in [3.63, 3.8) is 0 Å². The van der Waals surface area contributed by atoms with Gasteiger partial charge < -0.3 is 20.1 Å². The van der Waals surface area contributed by atoms with Crippen molar-refractivity contribution in [2.75, 3.05) is 7.11 Å². The number of H-pyrrole nitrogens is 1. The maximum absolute atomic E-state index is 11.8. The first-order valence-electron chi connectivity index (χ1n) is 6.04. The van der Waals surface area contributed by atoms with Crippen LogP contribution >= 0.6 is 0 Å². The van der Waals surface area contributed by atoms with Crippen LogP contribution in [0.5, 0.6) is 0 Å². The summed E-state index contributed by atoms with van der Waals surface area (Å²) >= 11 is 0. The summed E-state index contributed by atoms with van der Waals surface area (Å²) in [4.78, 5) is 45.8. The van der Waals surface area contributed by atoms with E-state index in [1.165, 1.54) is 6.20 Å². The number of aromatic amines is 1. The molecule has 0 fully saturated rings. The third-order valence-corrected chi connectivity index (χ3v) is 3.03. The number of carboxylic acid groups (broad SMARTS) is 1. The number of hydrogen-bond donors (Lipinski definition) is 3. The lowest BCUT2D eigenvalue weighted by molar-refractivity contribution is -0.142. The van der Waals surface area contributed by atoms with Gasteiger partial charge in [-0.05, 0) is 0 Å². The van der Waals surface area contributed by atoms with Gasteiger partial charge in [0, 0.05) is 12.4 Å². The van der Waals surface area contributed by atoms with E-state index in [4.69, 9.17) is 5.73 Å². The van der Waals surface area contributed by atoms with Crippen LogP contribution in [-0.2, 0) is 14.3 Å². The number of aliphatic carboxylic acids is 1. The number of amides is 1. The molecule has 2 aliphatic heterocycles. The van der Waals surface area contributed by atoms with Crippen LogP contribution in [0.1, 0.15) is 22.8 Å². The van der Waals surface area contributed by atoms with Gasteiger partial charge in [-0.25, -0.2) is 14.7 Å². The quantitative estimate of drug-likeness (QED) is 0.595. The van der Waals surface area contributed by atoms with Gasteiger partial charge in [0.25, 0.3) is 5.56 Å². The summed E-state index contributed by atoms with van der Waals surface area (Å²) in [5.74, 6) is -2.97. The Morgan fingerprint density at radius 1 is 1.45 bits per heavy atom. The fraction of sp³-hybridized carbons (Fsp3) is 0.250. The molecule has 0 aliphatic carbocycles. The van der Waals surface area contributed by atoms with E-state index in [0.717, 1.165) is 17.9 Å². The normalized spacial score (nSPS) is 12.0. The van der Waals surface area contributed by atoms with Gasteiger partial charge in [-0.3, -0.25) is 9.59 Å². The lowest BCUT2D eigenvalue weighted by Gasteiger charge is -2.17. The molecule has 0 radical (unpaired) electrons. The van der Waals surface area contributed by atoms with E-state index < -0.39 is 35.9 Å². The largest absolute Gasteiger partial charge is 0.480 e. The van der Waals surface area contributed by atoms with E-state index in [1.807, 2.05) is 0 Å². The minimum Gasteiger partial charge on any atom is -0.480 e. The second-order valence-corrected chi connectivity index (χ2v) is 4.45. The van der Waals surface area contributed by atoms with Crippen molar-refractivity contribution >= 4 is 17.8 Å². The predicted octanol–water partition coefficient (Wildman–Crippen LogP) is -1.04. The van der Waals surface area contributed by atoms with Crippen LogP contribution < -0.4 is 11.3 Å². The first-order valence-corrected chi connectivity index (χ1v) is 6.04. The zero-order valence-electron chi connectivity index (χ0n) is 11.4. The number of hydrogen-bond acceptors (Lipinski definition) is 6. The Balaban J connectivity index is 2.67. The molecule has 0 aromatic heterocycles. The molecular formula is C12H12N4O6. The number of pyridine rings is 1. The first-order chi connectivity index (χ1) is 10.3. The van der Waals surface area contributed by atoms with E-state index in [1.54, 1.807) is 0 Å². The molecule has 0 aromatic rings. The van der Waals surface area contributed by atoms with Gasteiger partial charge in [0.15, 0.2) is 0 Å². The molecule has 4 N–H and O–H groups in total. The van der Waals surface area contributed by atoms with E-state index in [9.17, 15) is 24.3 Å². The van der Waals surface area contributed by atoms with E-state index >= 15 is 0 Å². The third-order valence-electron chi connectivity index (χ3n) is 3.03. The molecule has 116 valence electrons. The van der Waals surface area contributed by atoms with Crippen LogP contribution in [0.3, 0.4) is 0 Å². The number of nitrogens with one attached hydrogen (secondary N) is 1. The summed E-state index contributed by atoms with van der Waals surface area (Å²) < 4.78 is 5.64. The SMILES string of the molecule is COC(=O)c1cn([C@H](CC(N)=O)C(=O)O)cc2c(=O)[nH]nc1-2. The zero-order chi connectivity index (χ0) is 16.4. The molecule has 0 spiro atoms. The van der Waals surface area contributed by atoms with Crippen LogP contribution in [0, 0.1) is 0 Å². The highest BCUT2D eigenvalue weighted by Gasteiger charge is 2.27. The lowest BCUT2D eigenvalue weighted by atomic mass is 10.1. The van der Waals surface area contributed by atoms with Crippen molar-refractivity contribution in [2.24, 2.45) is 5.73 Å². The lowest BCUT2D eigenvalue weighted by Crippen LogP contribution is -2.26. The Bertz CT molecular complexity index is 776. The number of ether oxygens (including phenoxy) is 1. The number of carbonyl (C=O) groups excluding carboxylic acids is 2. The molecular weight excluding hydrogens is 296 g/mol. The fourth-order valence-corrected chi connectivity index (χ4v) is 2.01. The average molecular weight is 308 g/mol. The molecule has 0 unspecified atom stereocenters. The molecule has 10 nitrogen and oxygen atoms in total. The van der Waals surface area contributed by atoms with Crippen LogP contribution in [0.4, 0.5) is 0 Å². The molecule has 0 saturated carbocycles. The summed E-state index contributed by atoms with van der Waals surface area (Å²) in [6, 6.07) is -1.36.